The summed E-state index contributed by atoms with van der Waals surface area (Å²) in [6.07, 6.45) is 3.09. The maximum atomic E-state index is 11.4. The van der Waals surface area contributed by atoms with E-state index in [2.05, 4.69) is 15.6 Å². The zero-order valence-electron chi connectivity index (χ0n) is 10.0. The van der Waals surface area contributed by atoms with E-state index in [9.17, 15) is 4.79 Å². The normalized spacial score (nSPS) is 8.82. The smallest absolute Gasteiger partial charge is 0.224 e. The van der Waals surface area contributed by atoms with Gasteiger partial charge in [-0.1, -0.05) is 0 Å². The number of anilines is 1. The molecular formula is C11H19Cl2N3O. The lowest BCUT2D eigenvalue weighted by Crippen LogP contribution is -2.15. The molecule has 6 heteroatoms. The predicted octanol–water partition coefficient (Wildman–Crippen LogP) is 2.17. The average molecular weight is 280 g/mol. The van der Waals surface area contributed by atoms with Crippen LogP contribution in [0, 0.1) is 6.92 Å². The highest BCUT2D eigenvalue weighted by molar-refractivity contribution is 5.90. The molecule has 0 aliphatic heterocycles. The number of hydrogen-bond donors (Lipinski definition) is 2. The number of amides is 1. The van der Waals surface area contributed by atoms with Gasteiger partial charge in [-0.15, -0.1) is 24.8 Å². The first-order valence-corrected chi connectivity index (χ1v) is 5.09. The van der Waals surface area contributed by atoms with Gasteiger partial charge in [-0.3, -0.25) is 9.78 Å². The van der Waals surface area contributed by atoms with Crippen LogP contribution in [0.2, 0.25) is 0 Å². The molecule has 0 saturated carbocycles. The molecule has 0 aliphatic rings. The van der Waals surface area contributed by atoms with Crippen LogP contribution in [0.1, 0.15) is 18.5 Å². The Balaban J connectivity index is 0. The average Bonchev–Trinajstić information content (AvgIpc) is 2.18. The second-order valence-corrected chi connectivity index (χ2v) is 3.44. The van der Waals surface area contributed by atoms with Crippen molar-refractivity contribution in [3.63, 3.8) is 0 Å². The van der Waals surface area contributed by atoms with Gasteiger partial charge >= 0.3 is 0 Å². The van der Waals surface area contributed by atoms with E-state index in [-0.39, 0.29) is 30.7 Å². The van der Waals surface area contributed by atoms with E-state index in [0.717, 1.165) is 24.3 Å². The SMILES string of the molecule is CNCCCC(=O)Nc1ccnc(C)c1.Cl.Cl. The van der Waals surface area contributed by atoms with Crippen LogP contribution in [0.15, 0.2) is 18.3 Å². The first-order chi connectivity index (χ1) is 7.22. The second-order valence-electron chi connectivity index (χ2n) is 3.44. The Morgan fingerprint density at radius 3 is 2.71 bits per heavy atom. The Kier molecular flexibility index (Phi) is 11.2. The summed E-state index contributed by atoms with van der Waals surface area (Å²) in [4.78, 5) is 15.5. The topological polar surface area (TPSA) is 54.0 Å². The van der Waals surface area contributed by atoms with Gasteiger partial charge in [0.1, 0.15) is 0 Å². The molecule has 0 radical (unpaired) electrons. The van der Waals surface area contributed by atoms with Crippen LogP contribution in [-0.2, 0) is 4.79 Å². The number of nitrogens with zero attached hydrogens (tertiary/aromatic N) is 1. The van der Waals surface area contributed by atoms with Crippen molar-refractivity contribution in [3.05, 3.63) is 24.0 Å². The fourth-order valence-electron chi connectivity index (χ4n) is 1.27. The highest BCUT2D eigenvalue weighted by Gasteiger charge is 2.01. The van der Waals surface area contributed by atoms with E-state index in [0.29, 0.717) is 6.42 Å². The number of carbonyl (C=O) groups excluding carboxylic acids is 1. The number of aromatic nitrogens is 1. The van der Waals surface area contributed by atoms with E-state index < -0.39 is 0 Å². The third-order valence-corrected chi connectivity index (χ3v) is 2.01. The van der Waals surface area contributed by atoms with Crippen molar-refractivity contribution in [1.29, 1.82) is 0 Å². The summed E-state index contributed by atoms with van der Waals surface area (Å²) in [5.41, 5.74) is 1.72. The number of nitrogens with one attached hydrogen (secondary N) is 2. The van der Waals surface area contributed by atoms with E-state index in [1.54, 1.807) is 12.3 Å². The Labute approximate surface area is 114 Å². The summed E-state index contributed by atoms with van der Waals surface area (Å²) in [7, 11) is 1.88. The van der Waals surface area contributed by atoms with Crippen LogP contribution in [-0.4, -0.2) is 24.5 Å². The van der Waals surface area contributed by atoms with E-state index in [1.807, 2.05) is 20.0 Å². The molecule has 0 spiro atoms. The quantitative estimate of drug-likeness (QED) is 0.813. The van der Waals surface area contributed by atoms with Crippen LogP contribution >= 0.6 is 24.8 Å². The van der Waals surface area contributed by atoms with Gasteiger partial charge in [0.25, 0.3) is 0 Å². The van der Waals surface area contributed by atoms with Gasteiger partial charge in [0.15, 0.2) is 0 Å². The third kappa shape index (κ3) is 7.96. The molecule has 2 N–H and O–H groups in total. The highest BCUT2D eigenvalue weighted by atomic mass is 35.5. The van der Waals surface area contributed by atoms with Crippen molar-refractivity contribution in [2.45, 2.75) is 19.8 Å². The van der Waals surface area contributed by atoms with Crippen molar-refractivity contribution in [3.8, 4) is 0 Å². The zero-order valence-corrected chi connectivity index (χ0v) is 11.7. The van der Waals surface area contributed by atoms with E-state index in [4.69, 9.17) is 0 Å². The lowest BCUT2D eigenvalue weighted by atomic mass is 10.2. The fraction of sp³-hybridized carbons (Fsp3) is 0.455. The van der Waals surface area contributed by atoms with E-state index in [1.165, 1.54) is 0 Å². The lowest BCUT2D eigenvalue weighted by molar-refractivity contribution is -0.116. The Morgan fingerprint density at radius 1 is 1.41 bits per heavy atom. The van der Waals surface area contributed by atoms with Gasteiger partial charge < -0.3 is 10.6 Å². The second kappa shape index (κ2) is 10.3. The number of hydrogen-bond acceptors (Lipinski definition) is 3. The summed E-state index contributed by atoms with van der Waals surface area (Å²) >= 11 is 0. The Morgan fingerprint density at radius 2 is 2.12 bits per heavy atom. The molecule has 1 aromatic rings. The van der Waals surface area contributed by atoms with Gasteiger partial charge in [-0.05, 0) is 39.1 Å². The number of halogens is 2. The molecule has 98 valence electrons. The zero-order chi connectivity index (χ0) is 11.1. The van der Waals surface area contributed by atoms with Gasteiger partial charge in [-0.2, -0.15) is 0 Å². The van der Waals surface area contributed by atoms with Gasteiger partial charge in [0.2, 0.25) is 5.91 Å². The molecule has 0 aliphatic carbocycles. The maximum Gasteiger partial charge on any atom is 0.224 e. The van der Waals surface area contributed by atoms with Crippen molar-refractivity contribution in [2.24, 2.45) is 0 Å². The Bertz CT molecular complexity index is 334. The van der Waals surface area contributed by atoms with Crippen LogP contribution in [0.5, 0.6) is 0 Å². The van der Waals surface area contributed by atoms with Gasteiger partial charge in [0, 0.05) is 24.0 Å². The predicted molar refractivity (Wildman–Crippen MR) is 75.3 cm³/mol. The van der Waals surface area contributed by atoms with Crippen LogP contribution < -0.4 is 10.6 Å². The molecule has 1 heterocycles. The minimum atomic E-state index is 0. The van der Waals surface area contributed by atoms with Crippen LogP contribution in [0.4, 0.5) is 5.69 Å². The summed E-state index contributed by atoms with van der Waals surface area (Å²) in [6, 6.07) is 3.65. The molecular weight excluding hydrogens is 261 g/mol. The molecule has 0 fully saturated rings. The third-order valence-electron chi connectivity index (χ3n) is 2.01. The molecule has 17 heavy (non-hydrogen) atoms. The minimum Gasteiger partial charge on any atom is -0.326 e. The van der Waals surface area contributed by atoms with Crippen molar-refractivity contribution >= 4 is 36.4 Å². The molecule has 0 unspecified atom stereocenters. The monoisotopic (exact) mass is 279 g/mol. The molecule has 0 aromatic carbocycles. The molecule has 1 amide bonds. The number of rotatable bonds is 5. The molecule has 0 bridgehead atoms. The number of carbonyl (C=O) groups is 1. The summed E-state index contributed by atoms with van der Waals surface area (Å²) in [5, 5.41) is 5.84. The standard InChI is InChI=1S/C11H17N3O.2ClH/c1-9-8-10(5-7-13-9)14-11(15)4-3-6-12-2;;/h5,7-8,12H,3-4,6H2,1-2H3,(H,13,14,15);2*1H. The Hall–Kier alpha value is -0.840. The van der Waals surface area contributed by atoms with Crippen molar-refractivity contribution < 1.29 is 4.79 Å². The highest BCUT2D eigenvalue weighted by Crippen LogP contribution is 2.07. The maximum absolute atomic E-state index is 11.4. The van der Waals surface area contributed by atoms with Crippen molar-refractivity contribution in [1.82, 2.24) is 10.3 Å². The molecule has 1 aromatic heterocycles. The largest absolute Gasteiger partial charge is 0.326 e. The fourth-order valence-corrected chi connectivity index (χ4v) is 1.27. The summed E-state index contributed by atoms with van der Waals surface area (Å²) < 4.78 is 0. The van der Waals surface area contributed by atoms with Crippen molar-refractivity contribution in [2.75, 3.05) is 18.9 Å². The number of aryl methyl sites for hydroxylation is 1. The number of pyridine rings is 1. The van der Waals surface area contributed by atoms with Gasteiger partial charge in [0.05, 0.1) is 0 Å². The molecule has 1 rings (SSSR count). The minimum absolute atomic E-state index is 0. The first-order valence-electron chi connectivity index (χ1n) is 5.09. The van der Waals surface area contributed by atoms with E-state index >= 15 is 0 Å². The lowest BCUT2D eigenvalue weighted by Gasteiger charge is -2.05. The summed E-state index contributed by atoms with van der Waals surface area (Å²) in [6.45, 7) is 2.76. The van der Waals surface area contributed by atoms with Crippen LogP contribution in [0.3, 0.4) is 0 Å². The van der Waals surface area contributed by atoms with Crippen LogP contribution in [0.25, 0.3) is 0 Å². The molecule has 0 atom stereocenters. The summed E-state index contributed by atoms with van der Waals surface area (Å²) in [5.74, 6) is 0.0517. The molecule has 0 saturated heterocycles. The first kappa shape index (κ1) is 18.5. The molecule has 4 nitrogen and oxygen atoms in total. The van der Waals surface area contributed by atoms with Gasteiger partial charge in [-0.25, -0.2) is 0 Å².